The Kier molecular flexibility index (Phi) is 8.54. The van der Waals surface area contributed by atoms with Gasteiger partial charge >= 0.3 is 0 Å². The van der Waals surface area contributed by atoms with Gasteiger partial charge in [0.15, 0.2) is 0 Å². The number of para-hydroxylation sites is 1. The van der Waals surface area contributed by atoms with Crippen LogP contribution >= 0.6 is 0 Å². The number of aromatic nitrogens is 1. The minimum atomic E-state index is -0.375. The van der Waals surface area contributed by atoms with Crippen LogP contribution in [0.2, 0.25) is 0 Å². The number of furan rings is 1. The van der Waals surface area contributed by atoms with Crippen molar-refractivity contribution in [2.45, 2.75) is 45.8 Å². The Hall–Kier alpha value is -2.04. The van der Waals surface area contributed by atoms with Crippen LogP contribution in [0.15, 0.2) is 59.1 Å². The molecule has 2 heterocycles. The third kappa shape index (κ3) is 5.74. The van der Waals surface area contributed by atoms with Crippen LogP contribution in [-0.2, 0) is 26.5 Å². The molecule has 4 nitrogen and oxygen atoms in total. The summed E-state index contributed by atoms with van der Waals surface area (Å²) in [7, 11) is 0. The van der Waals surface area contributed by atoms with Gasteiger partial charge in [-0.05, 0) is 44.5 Å². The smallest absolute Gasteiger partial charge is 0.120 e. The molecular formula is C24H26IrNO3-. The Morgan fingerprint density at radius 1 is 1.03 bits per heavy atom. The predicted molar refractivity (Wildman–Crippen MR) is 113 cm³/mol. The van der Waals surface area contributed by atoms with Gasteiger partial charge in [0.2, 0.25) is 0 Å². The zero-order valence-corrected chi connectivity index (χ0v) is 19.2. The normalized spacial score (nSPS) is 12.7. The van der Waals surface area contributed by atoms with E-state index in [0.717, 1.165) is 39.6 Å². The average Bonchev–Trinajstić information content (AvgIpc) is 3.06. The molecule has 0 saturated carbocycles. The number of aryl methyl sites for hydroxylation is 1. The first-order valence-electron chi connectivity index (χ1n) is 9.63. The standard InChI is InChI=1S/C19H14NO.C5H12O2.Ir/c1-2-13-10-11-20-17(12-13)16-8-5-7-15-14-6-3-4-9-18(14)21-19(15)16;1-4(6)3-5(2)7;/h3-7,9-12H,2H2,1H3;4-7H,3H2,1-2H3;/q-1;;. The van der Waals surface area contributed by atoms with Crippen molar-refractivity contribution in [2.75, 3.05) is 0 Å². The fourth-order valence-electron chi connectivity index (χ4n) is 3.21. The summed E-state index contributed by atoms with van der Waals surface area (Å²) in [5.74, 6) is 0. The van der Waals surface area contributed by atoms with Crippen molar-refractivity contribution in [2.24, 2.45) is 0 Å². The summed E-state index contributed by atoms with van der Waals surface area (Å²) >= 11 is 0. The van der Waals surface area contributed by atoms with E-state index in [1.165, 1.54) is 5.56 Å². The first-order chi connectivity index (χ1) is 13.5. The molecule has 0 aliphatic carbocycles. The van der Waals surface area contributed by atoms with Gasteiger partial charge in [0.25, 0.3) is 0 Å². The third-order valence-corrected chi connectivity index (χ3v) is 4.51. The second-order valence-electron chi connectivity index (χ2n) is 7.03. The maximum Gasteiger partial charge on any atom is 0.120 e. The molecule has 1 radical (unpaired) electrons. The van der Waals surface area contributed by atoms with E-state index in [4.69, 9.17) is 14.6 Å². The fourth-order valence-corrected chi connectivity index (χ4v) is 3.21. The van der Waals surface area contributed by atoms with Crippen LogP contribution in [0.5, 0.6) is 0 Å². The van der Waals surface area contributed by atoms with Crippen LogP contribution in [0.1, 0.15) is 32.8 Å². The Bertz CT molecular complexity index is 1050. The fraction of sp³-hybridized carbons (Fsp3) is 0.292. The average molecular weight is 569 g/mol. The van der Waals surface area contributed by atoms with Crippen LogP contribution in [0.3, 0.4) is 0 Å². The van der Waals surface area contributed by atoms with Crippen LogP contribution in [-0.4, -0.2) is 27.4 Å². The number of aliphatic hydroxyl groups excluding tert-OH is 2. The van der Waals surface area contributed by atoms with E-state index in [1.54, 1.807) is 13.8 Å². The third-order valence-electron chi connectivity index (χ3n) is 4.51. The van der Waals surface area contributed by atoms with Gasteiger partial charge in [0, 0.05) is 31.7 Å². The summed E-state index contributed by atoms with van der Waals surface area (Å²) in [4.78, 5) is 4.49. The molecule has 2 unspecified atom stereocenters. The van der Waals surface area contributed by atoms with E-state index >= 15 is 0 Å². The maximum atomic E-state index is 8.56. The molecule has 0 aliphatic rings. The summed E-state index contributed by atoms with van der Waals surface area (Å²) < 4.78 is 6.04. The summed E-state index contributed by atoms with van der Waals surface area (Å²) in [6.07, 6.45) is 2.56. The SMILES string of the molecule is CC(O)CC(C)O.CCc1ccnc(-c2[c-]ccc3c2oc2ccccc23)c1.[Ir]. The van der Waals surface area contributed by atoms with Crippen molar-refractivity contribution in [3.05, 3.63) is 66.4 Å². The molecule has 0 spiro atoms. The van der Waals surface area contributed by atoms with E-state index in [1.807, 2.05) is 42.6 Å². The van der Waals surface area contributed by atoms with Gasteiger partial charge in [0.05, 0.1) is 17.8 Å². The quantitative estimate of drug-likeness (QED) is 0.335. The minimum Gasteiger partial charge on any atom is -0.501 e. The second-order valence-corrected chi connectivity index (χ2v) is 7.03. The molecule has 0 bridgehead atoms. The maximum absolute atomic E-state index is 8.56. The van der Waals surface area contributed by atoms with Crippen molar-refractivity contribution in [1.82, 2.24) is 4.98 Å². The first-order valence-corrected chi connectivity index (χ1v) is 9.63. The Morgan fingerprint density at radius 3 is 2.41 bits per heavy atom. The molecule has 0 aliphatic heterocycles. The zero-order chi connectivity index (χ0) is 20.1. The van der Waals surface area contributed by atoms with Gasteiger partial charge in [-0.25, -0.2) is 0 Å². The molecule has 155 valence electrons. The molecule has 2 aromatic heterocycles. The summed E-state index contributed by atoms with van der Waals surface area (Å²) in [6, 6.07) is 19.5. The van der Waals surface area contributed by atoms with E-state index < -0.39 is 0 Å². The second kappa shape index (κ2) is 10.7. The monoisotopic (exact) mass is 569 g/mol. The number of nitrogens with zero attached hydrogens (tertiary/aromatic N) is 1. The molecule has 5 heteroatoms. The van der Waals surface area contributed by atoms with Crippen molar-refractivity contribution in [3.8, 4) is 11.3 Å². The van der Waals surface area contributed by atoms with Crippen molar-refractivity contribution >= 4 is 21.9 Å². The van der Waals surface area contributed by atoms with Crippen LogP contribution in [0.4, 0.5) is 0 Å². The van der Waals surface area contributed by atoms with Gasteiger partial charge in [-0.2, -0.15) is 0 Å². The van der Waals surface area contributed by atoms with Crippen molar-refractivity contribution in [1.29, 1.82) is 0 Å². The number of benzene rings is 2. The summed E-state index contributed by atoms with van der Waals surface area (Å²) in [6.45, 7) is 5.46. The topological polar surface area (TPSA) is 66.5 Å². The van der Waals surface area contributed by atoms with Gasteiger partial charge in [-0.3, -0.25) is 0 Å². The number of aliphatic hydroxyl groups is 2. The molecule has 2 aromatic carbocycles. The molecule has 2 N–H and O–H groups in total. The predicted octanol–water partition coefficient (Wildman–Crippen LogP) is 5.15. The number of fused-ring (bicyclic) bond motifs is 3. The van der Waals surface area contributed by atoms with Crippen molar-refractivity contribution < 1.29 is 34.7 Å². The zero-order valence-electron chi connectivity index (χ0n) is 16.8. The van der Waals surface area contributed by atoms with E-state index in [-0.39, 0.29) is 32.3 Å². The largest absolute Gasteiger partial charge is 0.501 e. The Labute approximate surface area is 184 Å². The van der Waals surface area contributed by atoms with E-state index in [9.17, 15) is 0 Å². The molecule has 0 fully saturated rings. The molecule has 2 atom stereocenters. The molecule has 4 aromatic rings. The number of rotatable bonds is 4. The minimum absolute atomic E-state index is 0. The van der Waals surface area contributed by atoms with Gasteiger partial charge < -0.3 is 19.6 Å². The van der Waals surface area contributed by atoms with Gasteiger partial charge in [-0.1, -0.05) is 47.7 Å². The molecule has 0 saturated heterocycles. The number of pyridine rings is 1. The van der Waals surface area contributed by atoms with Crippen LogP contribution in [0.25, 0.3) is 33.2 Å². The van der Waals surface area contributed by atoms with E-state index in [2.05, 4.69) is 30.1 Å². The number of hydrogen-bond donors (Lipinski definition) is 2. The molecule has 0 amide bonds. The van der Waals surface area contributed by atoms with Crippen LogP contribution in [0, 0.1) is 6.07 Å². The van der Waals surface area contributed by atoms with Gasteiger partial charge in [-0.15, -0.1) is 18.2 Å². The Morgan fingerprint density at radius 2 is 1.76 bits per heavy atom. The van der Waals surface area contributed by atoms with E-state index in [0.29, 0.717) is 6.42 Å². The first kappa shape index (κ1) is 23.2. The Balaban J connectivity index is 0.000000327. The molecule has 4 rings (SSSR count). The summed E-state index contributed by atoms with van der Waals surface area (Å²) in [5.41, 5.74) is 4.87. The summed E-state index contributed by atoms with van der Waals surface area (Å²) in [5, 5.41) is 19.4. The van der Waals surface area contributed by atoms with Crippen LogP contribution < -0.4 is 0 Å². The number of hydrogen-bond acceptors (Lipinski definition) is 4. The molecular weight excluding hydrogens is 542 g/mol. The molecule has 29 heavy (non-hydrogen) atoms. The van der Waals surface area contributed by atoms with Gasteiger partial charge in [0.1, 0.15) is 5.58 Å². The van der Waals surface area contributed by atoms with Crippen molar-refractivity contribution in [3.63, 3.8) is 0 Å².